The summed E-state index contributed by atoms with van der Waals surface area (Å²) in [4.78, 5) is 14.9. The SMILES string of the molecule is COC(C)CNc1cc(C)nc2ccc([N+](=O)[O-])cc12. The minimum absolute atomic E-state index is 0.0530. The number of anilines is 1. The van der Waals surface area contributed by atoms with E-state index in [0.717, 1.165) is 22.3 Å². The lowest BCUT2D eigenvalue weighted by molar-refractivity contribution is -0.384. The van der Waals surface area contributed by atoms with Crippen molar-refractivity contribution in [2.45, 2.75) is 20.0 Å². The van der Waals surface area contributed by atoms with Gasteiger partial charge in [0.2, 0.25) is 0 Å². The molecular weight excluding hydrogens is 258 g/mol. The fourth-order valence-corrected chi connectivity index (χ4v) is 1.94. The van der Waals surface area contributed by atoms with Crippen LogP contribution >= 0.6 is 0 Å². The van der Waals surface area contributed by atoms with Gasteiger partial charge in [-0.15, -0.1) is 0 Å². The second-order valence-electron chi connectivity index (χ2n) is 4.70. The molecule has 0 amide bonds. The maximum Gasteiger partial charge on any atom is 0.270 e. The molecule has 1 N–H and O–H groups in total. The van der Waals surface area contributed by atoms with Gasteiger partial charge in [-0.3, -0.25) is 15.1 Å². The van der Waals surface area contributed by atoms with Crippen molar-refractivity contribution < 1.29 is 9.66 Å². The lowest BCUT2D eigenvalue weighted by atomic mass is 10.1. The number of ether oxygens (including phenoxy) is 1. The predicted octanol–water partition coefficient (Wildman–Crippen LogP) is 2.90. The normalized spacial score (nSPS) is 12.3. The van der Waals surface area contributed by atoms with Gasteiger partial charge in [-0.2, -0.15) is 0 Å². The molecule has 0 aliphatic heterocycles. The van der Waals surface area contributed by atoms with Crippen LogP contribution in [0.1, 0.15) is 12.6 Å². The van der Waals surface area contributed by atoms with Gasteiger partial charge in [0.25, 0.3) is 5.69 Å². The van der Waals surface area contributed by atoms with E-state index in [1.54, 1.807) is 19.2 Å². The largest absolute Gasteiger partial charge is 0.382 e. The van der Waals surface area contributed by atoms with Crippen molar-refractivity contribution in [3.63, 3.8) is 0 Å². The highest BCUT2D eigenvalue weighted by Crippen LogP contribution is 2.27. The van der Waals surface area contributed by atoms with Crippen molar-refractivity contribution in [1.82, 2.24) is 4.98 Å². The zero-order valence-corrected chi connectivity index (χ0v) is 11.7. The van der Waals surface area contributed by atoms with Crippen molar-refractivity contribution in [2.75, 3.05) is 19.0 Å². The van der Waals surface area contributed by atoms with Crippen molar-refractivity contribution in [3.8, 4) is 0 Å². The number of fused-ring (bicyclic) bond motifs is 1. The first kappa shape index (κ1) is 14.2. The molecule has 2 rings (SSSR count). The maximum absolute atomic E-state index is 10.9. The monoisotopic (exact) mass is 275 g/mol. The van der Waals surface area contributed by atoms with E-state index < -0.39 is 4.92 Å². The Balaban J connectivity index is 2.44. The van der Waals surface area contributed by atoms with Crippen LogP contribution < -0.4 is 5.32 Å². The Hall–Kier alpha value is -2.21. The lowest BCUT2D eigenvalue weighted by Crippen LogP contribution is -2.18. The highest BCUT2D eigenvalue weighted by Gasteiger charge is 2.11. The fraction of sp³-hybridized carbons (Fsp3) is 0.357. The van der Waals surface area contributed by atoms with Crippen LogP contribution in [0.4, 0.5) is 11.4 Å². The highest BCUT2D eigenvalue weighted by atomic mass is 16.6. The van der Waals surface area contributed by atoms with Gasteiger partial charge in [0.1, 0.15) is 0 Å². The first-order chi connectivity index (χ1) is 9.51. The lowest BCUT2D eigenvalue weighted by Gasteiger charge is -2.14. The fourth-order valence-electron chi connectivity index (χ4n) is 1.94. The molecule has 0 fully saturated rings. The summed E-state index contributed by atoms with van der Waals surface area (Å²) in [7, 11) is 1.65. The Morgan fingerprint density at radius 3 is 2.85 bits per heavy atom. The Morgan fingerprint density at radius 1 is 1.45 bits per heavy atom. The minimum atomic E-state index is -0.402. The zero-order chi connectivity index (χ0) is 14.7. The van der Waals surface area contributed by atoms with Crippen LogP contribution in [0.3, 0.4) is 0 Å². The summed E-state index contributed by atoms with van der Waals surface area (Å²) >= 11 is 0. The van der Waals surface area contributed by atoms with E-state index >= 15 is 0 Å². The van der Waals surface area contributed by atoms with E-state index in [1.807, 2.05) is 19.9 Å². The van der Waals surface area contributed by atoms with E-state index in [9.17, 15) is 10.1 Å². The number of methoxy groups -OCH3 is 1. The summed E-state index contributed by atoms with van der Waals surface area (Å²) < 4.78 is 5.19. The molecule has 1 aromatic carbocycles. The molecule has 0 radical (unpaired) electrons. The molecule has 1 aromatic heterocycles. The summed E-state index contributed by atoms with van der Waals surface area (Å²) in [6.07, 6.45) is 0.0530. The second-order valence-corrected chi connectivity index (χ2v) is 4.70. The quantitative estimate of drug-likeness (QED) is 0.670. The summed E-state index contributed by atoms with van der Waals surface area (Å²) in [5, 5.41) is 14.9. The van der Waals surface area contributed by atoms with Crippen molar-refractivity contribution in [3.05, 3.63) is 40.1 Å². The first-order valence-electron chi connectivity index (χ1n) is 6.33. The molecule has 6 heteroatoms. The number of nitrogens with zero attached hydrogens (tertiary/aromatic N) is 2. The van der Waals surface area contributed by atoms with Gasteiger partial charge >= 0.3 is 0 Å². The molecular formula is C14H17N3O3. The van der Waals surface area contributed by atoms with Gasteiger partial charge in [0.05, 0.1) is 16.5 Å². The summed E-state index contributed by atoms with van der Waals surface area (Å²) in [5.74, 6) is 0. The molecule has 1 atom stereocenters. The molecule has 0 bridgehead atoms. The Bertz CT molecular complexity index is 643. The van der Waals surface area contributed by atoms with Crippen molar-refractivity contribution >= 4 is 22.3 Å². The van der Waals surface area contributed by atoms with Gasteiger partial charge < -0.3 is 10.1 Å². The molecule has 1 unspecified atom stereocenters. The maximum atomic E-state index is 10.9. The molecule has 1 heterocycles. The molecule has 20 heavy (non-hydrogen) atoms. The summed E-state index contributed by atoms with van der Waals surface area (Å²) in [5.41, 5.74) is 2.49. The molecule has 0 saturated carbocycles. The number of aryl methyl sites for hydroxylation is 1. The average Bonchev–Trinajstić information content (AvgIpc) is 2.43. The van der Waals surface area contributed by atoms with E-state index in [2.05, 4.69) is 10.3 Å². The first-order valence-corrected chi connectivity index (χ1v) is 6.33. The number of hydrogen-bond donors (Lipinski definition) is 1. The summed E-state index contributed by atoms with van der Waals surface area (Å²) in [6, 6.07) is 6.57. The Morgan fingerprint density at radius 2 is 2.20 bits per heavy atom. The van der Waals surface area contributed by atoms with Gasteiger partial charge in [-0.1, -0.05) is 0 Å². The molecule has 0 saturated heterocycles. The van der Waals surface area contributed by atoms with Gasteiger partial charge in [0.15, 0.2) is 0 Å². The number of benzene rings is 1. The number of hydrogen-bond acceptors (Lipinski definition) is 5. The van der Waals surface area contributed by atoms with Crippen LogP contribution in [0.5, 0.6) is 0 Å². The second kappa shape index (κ2) is 5.83. The van der Waals surface area contributed by atoms with Gasteiger partial charge in [0, 0.05) is 42.6 Å². The van der Waals surface area contributed by atoms with Crippen molar-refractivity contribution in [2.24, 2.45) is 0 Å². The number of aromatic nitrogens is 1. The summed E-state index contributed by atoms with van der Waals surface area (Å²) in [6.45, 7) is 4.47. The topological polar surface area (TPSA) is 77.3 Å². The Labute approximate surface area is 116 Å². The molecule has 0 aliphatic rings. The van der Waals surface area contributed by atoms with E-state index in [-0.39, 0.29) is 11.8 Å². The van der Waals surface area contributed by atoms with Crippen LogP contribution in [0.2, 0.25) is 0 Å². The van der Waals surface area contributed by atoms with Gasteiger partial charge in [-0.05, 0) is 26.0 Å². The van der Waals surface area contributed by atoms with E-state index in [1.165, 1.54) is 6.07 Å². The van der Waals surface area contributed by atoms with Crippen LogP contribution in [0.25, 0.3) is 10.9 Å². The molecule has 6 nitrogen and oxygen atoms in total. The third-order valence-electron chi connectivity index (χ3n) is 3.11. The predicted molar refractivity (Wildman–Crippen MR) is 78.1 cm³/mol. The average molecular weight is 275 g/mol. The molecule has 2 aromatic rings. The minimum Gasteiger partial charge on any atom is -0.382 e. The van der Waals surface area contributed by atoms with E-state index in [0.29, 0.717) is 6.54 Å². The van der Waals surface area contributed by atoms with Gasteiger partial charge in [-0.25, -0.2) is 0 Å². The zero-order valence-electron chi connectivity index (χ0n) is 11.7. The Kier molecular flexibility index (Phi) is 4.14. The molecule has 0 spiro atoms. The molecule has 0 aliphatic carbocycles. The third kappa shape index (κ3) is 3.03. The highest BCUT2D eigenvalue weighted by molar-refractivity contribution is 5.93. The van der Waals surface area contributed by atoms with Crippen LogP contribution in [-0.4, -0.2) is 29.7 Å². The number of non-ortho nitro benzene ring substituents is 1. The van der Waals surface area contributed by atoms with E-state index in [4.69, 9.17) is 4.74 Å². The number of rotatable bonds is 5. The standard InChI is InChI=1S/C14H17N3O3/c1-9-6-14(15-8-10(2)20-3)12-7-11(17(18)19)4-5-13(12)16-9/h4-7,10H,8H2,1-3H3,(H,15,16). The number of nitro groups is 1. The van der Waals surface area contributed by atoms with Crippen LogP contribution in [-0.2, 0) is 4.74 Å². The number of nitrogens with one attached hydrogen (secondary N) is 1. The van der Waals surface area contributed by atoms with Crippen molar-refractivity contribution in [1.29, 1.82) is 0 Å². The molecule has 106 valence electrons. The van der Waals surface area contributed by atoms with Crippen LogP contribution in [0.15, 0.2) is 24.3 Å². The third-order valence-corrected chi connectivity index (χ3v) is 3.11. The number of nitro benzene ring substituents is 1. The van der Waals surface area contributed by atoms with Crippen LogP contribution in [0, 0.1) is 17.0 Å². The smallest absolute Gasteiger partial charge is 0.270 e. The number of pyridine rings is 1.